The van der Waals surface area contributed by atoms with Crippen molar-refractivity contribution >= 4 is 33.3 Å². The molecule has 10 heteroatoms. The molecule has 0 unspecified atom stereocenters. The van der Waals surface area contributed by atoms with Crippen LogP contribution in [0.3, 0.4) is 0 Å². The zero-order valence-corrected chi connectivity index (χ0v) is 18.7. The highest BCUT2D eigenvalue weighted by Crippen LogP contribution is 2.25. The van der Waals surface area contributed by atoms with Gasteiger partial charge < -0.3 is 4.90 Å². The first-order valence-electron chi connectivity index (χ1n) is 9.89. The topological polar surface area (TPSA) is 87.9 Å². The van der Waals surface area contributed by atoms with Crippen LogP contribution in [0.2, 0.25) is 0 Å². The van der Waals surface area contributed by atoms with Crippen molar-refractivity contribution in [3.63, 3.8) is 0 Å². The maximum absolute atomic E-state index is 12.8. The molecule has 0 radical (unpaired) electrons. The molecular weight excluding hydrogens is 410 g/mol. The van der Waals surface area contributed by atoms with Gasteiger partial charge in [0.2, 0.25) is 15.9 Å². The molecule has 0 fully saturated rings. The van der Waals surface area contributed by atoms with Crippen molar-refractivity contribution in [2.24, 2.45) is 0 Å². The molecule has 1 aliphatic carbocycles. The number of fused-ring (bicyclic) bond motifs is 1. The van der Waals surface area contributed by atoms with E-state index in [1.165, 1.54) is 22.3 Å². The first kappa shape index (κ1) is 21.8. The van der Waals surface area contributed by atoms with Gasteiger partial charge in [0, 0.05) is 31.5 Å². The Balaban J connectivity index is 1.81. The summed E-state index contributed by atoms with van der Waals surface area (Å²) in [5.41, 5.74) is 1.64. The monoisotopic (exact) mass is 437 g/mol. The third-order valence-electron chi connectivity index (χ3n) is 4.99. The molecule has 2 aromatic rings. The fourth-order valence-corrected chi connectivity index (χ4v) is 5.71. The van der Waals surface area contributed by atoms with Crippen molar-refractivity contribution in [3.8, 4) is 0 Å². The molecule has 0 saturated carbocycles. The normalized spacial score (nSPS) is 14.6. The van der Waals surface area contributed by atoms with Crippen LogP contribution in [0.15, 0.2) is 40.2 Å². The molecule has 0 aromatic carbocycles. The van der Waals surface area contributed by atoms with Gasteiger partial charge in [-0.1, -0.05) is 31.7 Å². The summed E-state index contributed by atoms with van der Waals surface area (Å²) in [6, 6.07) is 3.18. The lowest BCUT2D eigenvalue weighted by Gasteiger charge is -2.22. The Morgan fingerprint density at radius 2 is 1.93 bits per heavy atom. The number of sulfonamides is 1. The predicted molar refractivity (Wildman–Crippen MR) is 113 cm³/mol. The molecule has 1 aliphatic rings. The van der Waals surface area contributed by atoms with E-state index in [1.807, 2.05) is 25.7 Å². The number of rotatable bonds is 9. The van der Waals surface area contributed by atoms with Gasteiger partial charge in [0.05, 0.1) is 10.6 Å². The summed E-state index contributed by atoms with van der Waals surface area (Å²) in [5, 5.41) is 8.74. The van der Waals surface area contributed by atoms with Gasteiger partial charge >= 0.3 is 0 Å². The third-order valence-corrected chi connectivity index (χ3v) is 7.95. The van der Waals surface area contributed by atoms with E-state index in [9.17, 15) is 13.2 Å². The fraction of sp³-hybridized carbons (Fsp3) is 0.526. The summed E-state index contributed by atoms with van der Waals surface area (Å²) in [6.45, 7) is 7.03. The molecule has 3 rings (SSSR count). The van der Waals surface area contributed by atoms with E-state index in [-0.39, 0.29) is 16.6 Å². The number of amides is 1. The molecule has 2 heterocycles. The van der Waals surface area contributed by atoms with Gasteiger partial charge in [-0.15, -0.1) is 10.2 Å². The average molecular weight is 438 g/mol. The Kier molecular flexibility index (Phi) is 6.97. The lowest BCUT2D eigenvalue weighted by Crippen LogP contribution is -2.31. The zero-order valence-electron chi connectivity index (χ0n) is 17.0. The summed E-state index contributed by atoms with van der Waals surface area (Å²) < 4.78 is 28.7. The minimum Gasteiger partial charge on any atom is -0.316 e. The van der Waals surface area contributed by atoms with Crippen LogP contribution < -0.4 is 0 Å². The van der Waals surface area contributed by atoms with Gasteiger partial charge in [0.1, 0.15) is 0 Å². The molecule has 0 aliphatic heterocycles. The van der Waals surface area contributed by atoms with E-state index in [0.29, 0.717) is 30.4 Å². The number of aromatic nitrogens is 3. The van der Waals surface area contributed by atoms with Crippen molar-refractivity contribution < 1.29 is 13.2 Å². The number of nitrogens with zero attached hydrogens (tertiary/aromatic N) is 5. The number of allylic oxidation sites excluding steroid dienone is 2. The van der Waals surface area contributed by atoms with Crippen LogP contribution in [-0.4, -0.2) is 63.5 Å². The quantitative estimate of drug-likeness (QED) is 0.561. The molecule has 158 valence electrons. The summed E-state index contributed by atoms with van der Waals surface area (Å²) >= 11 is 1.27. The zero-order chi connectivity index (χ0) is 21.0. The molecule has 0 atom stereocenters. The van der Waals surface area contributed by atoms with Crippen molar-refractivity contribution in [1.82, 2.24) is 23.8 Å². The first-order chi connectivity index (χ1) is 13.9. The van der Waals surface area contributed by atoms with Crippen molar-refractivity contribution in [3.05, 3.63) is 30.1 Å². The summed E-state index contributed by atoms with van der Waals surface area (Å²) in [4.78, 5) is 14.7. The highest BCUT2D eigenvalue weighted by atomic mass is 32.2. The lowest BCUT2D eigenvalue weighted by molar-refractivity contribution is -0.126. The summed E-state index contributed by atoms with van der Waals surface area (Å²) in [5.74, 6) is 0.244. The first-order valence-corrected chi connectivity index (χ1v) is 12.3. The highest BCUT2D eigenvalue weighted by molar-refractivity contribution is 7.99. The molecular formula is C19H27N5O3S2. The Hall–Kier alpha value is -1.91. The number of pyridine rings is 1. The van der Waals surface area contributed by atoms with E-state index < -0.39 is 10.0 Å². The van der Waals surface area contributed by atoms with Gasteiger partial charge in [0.25, 0.3) is 0 Å². The van der Waals surface area contributed by atoms with Gasteiger partial charge in [-0.25, -0.2) is 8.42 Å². The van der Waals surface area contributed by atoms with E-state index in [4.69, 9.17) is 0 Å². The van der Waals surface area contributed by atoms with Crippen LogP contribution in [0.4, 0.5) is 0 Å². The molecule has 29 heavy (non-hydrogen) atoms. The Bertz CT molecular complexity index is 1010. The fourth-order valence-electron chi connectivity index (χ4n) is 3.46. The second kappa shape index (κ2) is 9.27. The van der Waals surface area contributed by atoms with Crippen molar-refractivity contribution in [2.75, 3.05) is 25.4 Å². The Labute approximate surface area is 176 Å². The van der Waals surface area contributed by atoms with E-state index >= 15 is 0 Å². The number of carbonyl (C=O) groups is 1. The van der Waals surface area contributed by atoms with Crippen LogP contribution in [0.1, 0.15) is 40.0 Å². The number of hydrogen-bond donors (Lipinski definition) is 0. The summed E-state index contributed by atoms with van der Waals surface area (Å²) in [7, 11) is -3.58. The second-order valence-electron chi connectivity index (χ2n) is 6.68. The molecule has 1 amide bonds. The van der Waals surface area contributed by atoms with E-state index in [2.05, 4.69) is 16.3 Å². The van der Waals surface area contributed by atoms with Gasteiger partial charge in [0.15, 0.2) is 10.8 Å². The van der Waals surface area contributed by atoms with Crippen LogP contribution in [0.25, 0.3) is 5.65 Å². The minimum atomic E-state index is -3.58. The molecule has 8 nitrogen and oxygen atoms in total. The standard InChI is InChI=1S/C19H27N5O3S2/c1-4-22(5-2)29(26,27)16-11-12-17-20-21-19(24(17)13-16)28-14-18(25)23(6-3)15-9-7-8-10-15/h9,11-13H,4-8,10,14H2,1-3H3. The Morgan fingerprint density at radius 3 is 2.55 bits per heavy atom. The van der Waals surface area contributed by atoms with Crippen LogP contribution in [0, 0.1) is 0 Å². The SMILES string of the molecule is CCN(C(=O)CSc1nnc2ccc(S(=O)(=O)N(CC)CC)cn12)C1=CCCC1. The van der Waals surface area contributed by atoms with Crippen LogP contribution >= 0.6 is 11.8 Å². The van der Waals surface area contributed by atoms with Crippen molar-refractivity contribution in [2.45, 2.75) is 50.1 Å². The van der Waals surface area contributed by atoms with Gasteiger partial charge in [-0.2, -0.15) is 4.31 Å². The van der Waals surface area contributed by atoms with E-state index in [1.54, 1.807) is 16.5 Å². The van der Waals surface area contributed by atoms with Crippen LogP contribution in [-0.2, 0) is 14.8 Å². The van der Waals surface area contributed by atoms with Crippen molar-refractivity contribution in [1.29, 1.82) is 0 Å². The smallest absolute Gasteiger partial charge is 0.244 e. The summed E-state index contributed by atoms with van der Waals surface area (Å²) in [6.07, 6.45) is 6.70. The average Bonchev–Trinajstić information content (AvgIpc) is 3.37. The van der Waals surface area contributed by atoms with Crippen LogP contribution in [0.5, 0.6) is 0 Å². The lowest BCUT2D eigenvalue weighted by atomic mass is 10.3. The maximum atomic E-state index is 12.8. The van der Waals surface area contributed by atoms with Gasteiger partial charge in [-0.05, 0) is 38.3 Å². The number of carbonyl (C=O) groups excluding carboxylic acids is 1. The minimum absolute atomic E-state index is 0.0225. The largest absolute Gasteiger partial charge is 0.316 e. The Morgan fingerprint density at radius 1 is 1.17 bits per heavy atom. The van der Waals surface area contributed by atoms with Gasteiger partial charge in [-0.3, -0.25) is 9.20 Å². The maximum Gasteiger partial charge on any atom is 0.244 e. The molecule has 0 bridgehead atoms. The predicted octanol–water partition coefficient (Wildman–Crippen LogP) is 2.77. The highest BCUT2D eigenvalue weighted by Gasteiger charge is 2.23. The molecule has 0 spiro atoms. The number of hydrogen-bond acceptors (Lipinski definition) is 6. The third kappa shape index (κ3) is 4.49. The molecule has 0 N–H and O–H groups in total. The molecule has 2 aromatic heterocycles. The van der Waals surface area contributed by atoms with E-state index in [0.717, 1.165) is 25.0 Å². The number of thioether (sulfide) groups is 1. The molecule has 0 saturated heterocycles. The second-order valence-corrected chi connectivity index (χ2v) is 9.56.